The minimum atomic E-state index is -0.576. The molecule has 0 aliphatic heterocycles. The Morgan fingerprint density at radius 2 is 2.19 bits per heavy atom. The normalized spacial score (nSPS) is 10.6. The number of nitro groups is 1. The monoisotopic (exact) mass is 370 g/mol. The lowest BCUT2D eigenvalue weighted by atomic mass is 10.2. The van der Waals surface area contributed by atoms with Crippen LogP contribution in [0.25, 0.3) is 0 Å². The van der Waals surface area contributed by atoms with Crippen LogP contribution in [0, 0.1) is 10.1 Å². The summed E-state index contributed by atoms with van der Waals surface area (Å²) in [6, 6.07) is 8.95. The summed E-state index contributed by atoms with van der Waals surface area (Å²) in [5.74, 6) is 0.301. The van der Waals surface area contributed by atoms with Gasteiger partial charge in [-0.25, -0.2) is 0 Å². The standard InChI is InChI=1S/C17H18N6O4/c1-27-15-4-2-3-13(9-15)11-22-12-14(10-18-22)19-17(24)6-8-21-7-5-16(20-21)23(25)26/h2-5,7,9-10,12H,6,8,11H2,1H3,(H,19,24). The molecular formula is C17H18N6O4. The molecule has 3 rings (SSSR count). The lowest BCUT2D eigenvalue weighted by Crippen LogP contribution is -2.14. The summed E-state index contributed by atoms with van der Waals surface area (Å²) in [5.41, 5.74) is 1.60. The van der Waals surface area contributed by atoms with Crippen molar-refractivity contribution in [3.05, 3.63) is 64.6 Å². The zero-order valence-electron chi connectivity index (χ0n) is 14.6. The maximum atomic E-state index is 12.0. The van der Waals surface area contributed by atoms with Gasteiger partial charge in [0.05, 0.1) is 49.4 Å². The van der Waals surface area contributed by atoms with Gasteiger partial charge in [-0.1, -0.05) is 12.1 Å². The summed E-state index contributed by atoms with van der Waals surface area (Å²) in [5, 5.41) is 21.3. The van der Waals surface area contributed by atoms with Crippen molar-refractivity contribution in [2.75, 3.05) is 12.4 Å². The fourth-order valence-electron chi connectivity index (χ4n) is 2.48. The fourth-order valence-corrected chi connectivity index (χ4v) is 2.48. The number of hydrogen-bond donors (Lipinski definition) is 1. The Labute approximate surface area is 154 Å². The zero-order chi connectivity index (χ0) is 19.2. The largest absolute Gasteiger partial charge is 0.497 e. The first-order valence-corrected chi connectivity index (χ1v) is 8.16. The Bertz CT molecular complexity index is 948. The molecule has 0 fully saturated rings. The van der Waals surface area contributed by atoms with E-state index in [4.69, 9.17) is 4.74 Å². The number of nitrogens with one attached hydrogen (secondary N) is 1. The van der Waals surface area contributed by atoms with Gasteiger partial charge in [0.2, 0.25) is 5.91 Å². The Kier molecular flexibility index (Phi) is 5.45. The number of rotatable bonds is 8. The van der Waals surface area contributed by atoms with Crippen LogP contribution < -0.4 is 10.1 Å². The lowest BCUT2D eigenvalue weighted by Gasteiger charge is -2.04. The highest BCUT2D eigenvalue weighted by Crippen LogP contribution is 2.14. The number of aromatic nitrogens is 4. The highest BCUT2D eigenvalue weighted by molar-refractivity contribution is 5.90. The molecule has 0 unspecified atom stereocenters. The van der Waals surface area contributed by atoms with Gasteiger partial charge < -0.3 is 20.2 Å². The van der Waals surface area contributed by atoms with Gasteiger partial charge in [-0.15, -0.1) is 0 Å². The van der Waals surface area contributed by atoms with Crippen molar-refractivity contribution in [1.82, 2.24) is 19.6 Å². The molecule has 1 N–H and O–H groups in total. The number of nitrogens with zero attached hydrogens (tertiary/aromatic N) is 5. The predicted molar refractivity (Wildman–Crippen MR) is 96.5 cm³/mol. The van der Waals surface area contributed by atoms with Crippen LogP contribution >= 0.6 is 0 Å². The molecule has 0 bridgehead atoms. The number of benzene rings is 1. The maximum Gasteiger partial charge on any atom is 0.389 e. The number of aryl methyl sites for hydroxylation is 1. The summed E-state index contributed by atoms with van der Waals surface area (Å²) in [7, 11) is 1.61. The van der Waals surface area contributed by atoms with Crippen LogP contribution in [0.1, 0.15) is 12.0 Å². The Morgan fingerprint density at radius 3 is 2.93 bits per heavy atom. The molecule has 1 aromatic carbocycles. The first kappa shape index (κ1) is 18.1. The van der Waals surface area contributed by atoms with E-state index in [9.17, 15) is 14.9 Å². The van der Waals surface area contributed by atoms with Gasteiger partial charge in [0.25, 0.3) is 0 Å². The molecule has 0 aliphatic rings. The minimum absolute atomic E-state index is 0.139. The van der Waals surface area contributed by atoms with Crippen molar-refractivity contribution >= 4 is 17.4 Å². The fraction of sp³-hybridized carbons (Fsp3) is 0.235. The second kappa shape index (κ2) is 8.13. The van der Waals surface area contributed by atoms with E-state index in [2.05, 4.69) is 15.5 Å². The molecule has 0 atom stereocenters. The molecule has 27 heavy (non-hydrogen) atoms. The van der Waals surface area contributed by atoms with Crippen LogP contribution in [0.15, 0.2) is 48.9 Å². The number of methoxy groups -OCH3 is 1. The van der Waals surface area contributed by atoms with Gasteiger partial charge in [0.1, 0.15) is 5.75 Å². The number of anilines is 1. The van der Waals surface area contributed by atoms with E-state index in [1.54, 1.807) is 24.2 Å². The lowest BCUT2D eigenvalue weighted by molar-refractivity contribution is -0.389. The SMILES string of the molecule is COc1cccc(Cn2cc(NC(=O)CCn3ccc([N+](=O)[O-])n3)cn2)c1. The van der Waals surface area contributed by atoms with Gasteiger partial charge in [-0.05, 0) is 22.6 Å². The highest BCUT2D eigenvalue weighted by atomic mass is 16.6. The molecule has 2 aromatic heterocycles. The number of ether oxygens (including phenoxy) is 1. The first-order valence-electron chi connectivity index (χ1n) is 8.16. The van der Waals surface area contributed by atoms with E-state index in [0.717, 1.165) is 11.3 Å². The van der Waals surface area contributed by atoms with Crippen molar-refractivity contribution in [1.29, 1.82) is 0 Å². The van der Waals surface area contributed by atoms with Crippen molar-refractivity contribution in [3.8, 4) is 5.75 Å². The second-order valence-corrected chi connectivity index (χ2v) is 5.77. The first-order chi connectivity index (χ1) is 13.0. The molecule has 0 radical (unpaired) electrons. The average molecular weight is 370 g/mol. The van der Waals surface area contributed by atoms with Crippen molar-refractivity contribution in [2.24, 2.45) is 0 Å². The van der Waals surface area contributed by atoms with Gasteiger partial charge in [0.15, 0.2) is 0 Å². The third kappa shape index (κ3) is 4.91. The van der Waals surface area contributed by atoms with E-state index >= 15 is 0 Å². The van der Waals surface area contributed by atoms with E-state index in [0.29, 0.717) is 12.2 Å². The Morgan fingerprint density at radius 1 is 1.33 bits per heavy atom. The number of carbonyl (C=O) groups is 1. The van der Waals surface area contributed by atoms with Gasteiger partial charge in [-0.3, -0.25) is 9.48 Å². The second-order valence-electron chi connectivity index (χ2n) is 5.77. The molecule has 2 heterocycles. The summed E-state index contributed by atoms with van der Waals surface area (Å²) in [4.78, 5) is 22.1. The number of hydrogen-bond acceptors (Lipinski definition) is 6. The van der Waals surface area contributed by atoms with E-state index in [1.165, 1.54) is 16.9 Å². The predicted octanol–water partition coefficient (Wildman–Crippen LogP) is 2.07. The third-order valence-electron chi connectivity index (χ3n) is 3.78. The van der Waals surface area contributed by atoms with Crippen LogP contribution in [-0.4, -0.2) is 37.5 Å². The summed E-state index contributed by atoms with van der Waals surface area (Å²) in [6.45, 7) is 0.793. The molecule has 0 aliphatic carbocycles. The van der Waals surface area contributed by atoms with Crippen LogP contribution in [0.5, 0.6) is 5.75 Å². The van der Waals surface area contributed by atoms with E-state index in [-0.39, 0.29) is 24.7 Å². The van der Waals surface area contributed by atoms with Crippen LogP contribution in [-0.2, 0) is 17.9 Å². The van der Waals surface area contributed by atoms with Crippen LogP contribution in [0.2, 0.25) is 0 Å². The topological polar surface area (TPSA) is 117 Å². The van der Waals surface area contributed by atoms with Gasteiger partial charge in [-0.2, -0.15) is 9.78 Å². The molecule has 10 heteroatoms. The highest BCUT2D eigenvalue weighted by Gasteiger charge is 2.12. The number of carbonyl (C=O) groups excluding carboxylic acids is 1. The molecule has 0 spiro atoms. The molecule has 0 saturated heterocycles. The minimum Gasteiger partial charge on any atom is -0.497 e. The molecule has 10 nitrogen and oxygen atoms in total. The van der Waals surface area contributed by atoms with E-state index in [1.807, 2.05) is 24.3 Å². The molecule has 3 aromatic rings. The quantitative estimate of drug-likeness (QED) is 0.479. The Balaban J connectivity index is 1.51. The van der Waals surface area contributed by atoms with Gasteiger partial charge >= 0.3 is 5.82 Å². The third-order valence-corrected chi connectivity index (χ3v) is 3.78. The summed E-state index contributed by atoms with van der Waals surface area (Å²) in [6.07, 6.45) is 4.91. The summed E-state index contributed by atoms with van der Waals surface area (Å²) >= 11 is 0. The maximum absolute atomic E-state index is 12.0. The zero-order valence-corrected chi connectivity index (χ0v) is 14.6. The summed E-state index contributed by atoms with van der Waals surface area (Å²) < 4.78 is 8.27. The van der Waals surface area contributed by atoms with E-state index < -0.39 is 4.92 Å². The molecule has 140 valence electrons. The average Bonchev–Trinajstić information content (AvgIpc) is 3.30. The van der Waals surface area contributed by atoms with Crippen molar-refractivity contribution in [2.45, 2.75) is 19.5 Å². The van der Waals surface area contributed by atoms with Crippen LogP contribution in [0.4, 0.5) is 11.5 Å². The molecular weight excluding hydrogens is 352 g/mol. The molecule has 1 amide bonds. The van der Waals surface area contributed by atoms with Crippen molar-refractivity contribution < 1.29 is 14.5 Å². The smallest absolute Gasteiger partial charge is 0.389 e. The molecule has 0 saturated carbocycles. The number of amides is 1. The van der Waals surface area contributed by atoms with Crippen LogP contribution in [0.3, 0.4) is 0 Å². The van der Waals surface area contributed by atoms with Crippen molar-refractivity contribution in [3.63, 3.8) is 0 Å². The Hall–Kier alpha value is -3.69. The van der Waals surface area contributed by atoms with Gasteiger partial charge in [0, 0.05) is 12.6 Å².